The Morgan fingerprint density at radius 2 is 2.24 bits per heavy atom. The fourth-order valence-corrected chi connectivity index (χ4v) is 2.81. The van der Waals surface area contributed by atoms with Crippen LogP contribution in [0.25, 0.3) is 0 Å². The molecule has 0 saturated heterocycles. The van der Waals surface area contributed by atoms with Crippen molar-refractivity contribution >= 4 is 27.6 Å². The topological polar surface area (TPSA) is 77.3 Å². The summed E-state index contributed by atoms with van der Waals surface area (Å²) in [6, 6.07) is 5.39. The van der Waals surface area contributed by atoms with Crippen molar-refractivity contribution in [2.24, 2.45) is 11.1 Å². The Morgan fingerprint density at radius 1 is 1.48 bits per heavy atom. The van der Waals surface area contributed by atoms with Gasteiger partial charge in [0.2, 0.25) is 0 Å². The third-order valence-corrected chi connectivity index (χ3v) is 4.32. The maximum atomic E-state index is 11.5. The summed E-state index contributed by atoms with van der Waals surface area (Å²) >= 11 is 3.44. The van der Waals surface area contributed by atoms with E-state index in [9.17, 15) is 9.90 Å². The number of carboxylic acid groups (broad SMARTS) is 1. The molecular weight excluding hydrogens is 390 g/mol. The first kappa shape index (κ1) is 19.7. The van der Waals surface area contributed by atoms with Gasteiger partial charge in [0.05, 0.1) is 0 Å². The van der Waals surface area contributed by atoms with Gasteiger partial charge in [0.1, 0.15) is 24.2 Å². The minimum Gasteiger partial charge on any atom is -0.478 e. The van der Waals surface area contributed by atoms with Crippen molar-refractivity contribution in [3.63, 3.8) is 0 Å². The molecule has 0 fully saturated rings. The van der Waals surface area contributed by atoms with Crippen LogP contribution in [0.5, 0.6) is 5.75 Å². The summed E-state index contributed by atoms with van der Waals surface area (Å²) < 4.78 is 12.5. The maximum absolute atomic E-state index is 11.5. The Labute approximate surface area is 156 Å². The fraction of sp³-hybridized carbons (Fsp3) is 0.556. The smallest absolute Gasteiger partial charge is 0.345 e. The highest BCUT2D eigenvalue weighted by Gasteiger charge is 2.30. The molecule has 1 aliphatic rings. The van der Waals surface area contributed by atoms with Crippen LogP contribution < -0.4 is 4.74 Å². The predicted molar refractivity (Wildman–Crippen MR) is 98.2 cm³/mol. The highest BCUT2D eigenvalue weighted by molar-refractivity contribution is 9.10. The standard InChI is InChI=1S/C18H24BrNO5/c1-4-5-8-23-15-10-24-20-16(15)13-9-12(19)6-7-14(13)25-17(11(2)3)18(21)22/h6-7,9,11,15,17H,4-5,8,10H2,1-3H3,(H,21,22). The fourth-order valence-electron chi connectivity index (χ4n) is 2.45. The van der Waals surface area contributed by atoms with Gasteiger partial charge >= 0.3 is 5.97 Å². The first-order valence-corrected chi connectivity index (χ1v) is 9.24. The molecule has 0 aliphatic carbocycles. The zero-order valence-corrected chi connectivity index (χ0v) is 16.3. The van der Waals surface area contributed by atoms with Gasteiger partial charge in [0, 0.05) is 22.6 Å². The first-order valence-electron chi connectivity index (χ1n) is 8.44. The largest absolute Gasteiger partial charge is 0.478 e. The number of rotatable bonds is 9. The summed E-state index contributed by atoms with van der Waals surface area (Å²) in [6.45, 7) is 6.69. The molecule has 1 aromatic carbocycles. The van der Waals surface area contributed by atoms with E-state index in [1.54, 1.807) is 12.1 Å². The van der Waals surface area contributed by atoms with Crippen LogP contribution in [0.3, 0.4) is 0 Å². The summed E-state index contributed by atoms with van der Waals surface area (Å²) in [6.07, 6.45) is 0.771. The lowest BCUT2D eigenvalue weighted by atomic mass is 10.0. The third-order valence-electron chi connectivity index (χ3n) is 3.83. The number of aliphatic carboxylic acids is 1. The van der Waals surface area contributed by atoms with Crippen molar-refractivity contribution in [3.05, 3.63) is 28.2 Å². The Kier molecular flexibility index (Phi) is 7.25. The lowest BCUT2D eigenvalue weighted by molar-refractivity contribution is -0.147. The number of ether oxygens (including phenoxy) is 2. The SMILES string of the molecule is CCCCOC1CON=C1c1cc(Br)ccc1OC(C(=O)O)C(C)C. The van der Waals surface area contributed by atoms with E-state index >= 15 is 0 Å². The molecule has 0 radical (unpaired) electrons. The second-order valence-electron chi connectivity index (χ2n) is 6.25. The van der Waals surface area contributed by atoms with E-state index in [0.717, 1.165) is 17.3 Å². The number of halogens is 1. The molecule has 138 valence electrons. The molecule has 1 aliphatic heterocycles. The third kappa shape index (κ3) is 5.19. The molecule has 7 heteroatoms. The van der Waals surface area contributed by atoms with Gasteiger partial charge in [-0.1, -0.05) is 48.3 Å². The minimum absolute atomic E-state index is 0.174. The number of unbranched alkanes of at least 4 members (excludes halogenated alkanes) is 1. The van der Waals surface area contributed by atoms with Gasteiger partial charge in [-0.2, -0.15) is 0 Å². The van der Waals surface area contributed by atoms with Gasteiger partial charge < -0.3 is 19.4 Å². The molecule has 2 atom stereocenters. The summed E-state index contributed by atoms with van der Waals surface area (Å²) in [5, 5.41) is 13.5. The average molecular weight is 414 g/mol. The zero-order valence-electron chi connectivity index (χ0n) is 14.7. The van der Waals surface area contributed by atoms with Crippen LogP contribution in [0.4, 0.5) is 0 Å². The van der Waals surface area contributed by atoms with Crippen LogP contribution in [0.1, 0.15) is 39.2 Å². The highest BCUT2D eigenvalue weighted by atomic mass is 79.9. The number of carbonyl (C=O) groups is 1. The molecule has 25 heavy (non-hydrogen) atoms. The van der Waals surface area contributed by atoms with Crippen LogP contribution in [-0.2, 0) is 14.4 Å². The Balaban J connectivity index is 2.27. The van der Waals surface area contributed by atoms with Crippen LogP contribution >= 0.6 is 15.9 Å². The van der Waals surface area contributed by atoms with E-state index in [2.05, 4.69) is 28.0 Å². The number of oxime groups is 1. The lowest BCUT2D eigenvalue weighted by Gasteiger charge is -2.21. The molecule has 2 rings (SSSR count). The molecule has 0 amide bonds. The summed E-state index contributed by atoms with van der Waals surface area (Å²) in [4.78, 5) is 16.7. The minimum atomic E-state index is -0.996. The summed E-state index contributed by atoms with van der Waals surface area (Å²) in [7, 11) is 0. The van der Waals surface area contributed by atoms with Gasteiger partial charge in [-0.25, -0.2) is 4.79 Å². The van der Waals surface area contributed by atoms with E-state index in [1.807, 2.05) is 19.9 Å². The van der Waals surface area contributed by atoms with E-state index in [1.165, 1.54) is 0 Å². The Morgan fingerprint density at radius 3 is 2.88 bits per heavy atom. The van der Waals surface area contributed by atoms with Gasteiger partial charge in [0.15, 0.2) is 6.10 Å². The monoisotopic (exact) mass is 413 g/mol. The summed E-state index contributed by atoms with van der Waals surface area (Å²) in [5.41, 5.74) is 1.31. The molecule has 0 aromatic heterocycles. The molecule has 0 saturated carbocycles. The van der Waals surface area contributed by atoms with Crippen LogP contribution in [0.2, 0.25) is 0 Å². The second kappa shape index (κ2) is 9.20. The normalized spacial score (nSPS) is 18.0. The van der Waals surface area contributed by atoms with Crippen LogP contribution in [-0.4, -0.2) is 42.2 Å². The van der Waals surface area contributed by atoms with E-state index in [4.69, 9.17) is 14.3 Å². The van der Waals surface area contributed by atoms with Gasteiger partial charge in [-0.3, -0.25) is 0 Å². The van der Waals surface area contributed by atoms with Gasteiger partial charge in [-0.05, 0) is 24.6 Å². The molecular formula is C18H24BrNO5. The molecule has 0 bridgehead atoms. The van der Waals surface area contributed by atoms with Crippen molar-refractivity contribution in [2.75, 3.05) is 13.2 Å². The molecule has 0 spiro atoms. The van der Waals surface area contributed by atoms with Gasteiger partial charge in [-0.15, -0.1) is 0 Å². The van der Waals surface area contributed by atoms with Crippen LogP contribution in [0, 0.1) is 5.92 Å². The zero-order chi connectivity index (χ0) is 18.4. The lowest BCUT2D eigenvalue weighted by Crippen LogP contribution is -2.33. The van der Waals surface area contributed by atoms with Crippen molar-refractivity contribution in [1.82, 2.24) is 0 Å². The van der Waals surface area contributed by atoms with Gasteiger partial charge in [0.25, 0.3) is 0 Å². The molecule has 1 N–H and O–H groups in total. The van der Waals surface area contributed by atoms with Crippen LogP contribution in [0.15, 0.2) is 27.8 Å². The second-order valence-corrected chi connectivity index (χ2v) is 7.16. The van der Waals surface area contributed by atoms with Crippen molar-refractivity contribution < 1.29 is 24.2 Å². The molecule has 1 aromatic rings. The number of hydrogen-bond acceptors (Lipinski definition) is 5. The number of benzene rings is 1. The van der Waals surface area contributed by atoms with Crippen molar-refractivity contribution in [3.8, 4) is 5.75 Å². The Bertz CT molecular complexity index is 632. The predicted octanol–water partition coefficient (Wildman–Crippen LogP) is 3.86. The van der Waals surface area contributed by atoms with E-state index in [-0.39, 0.29) is 12.0 Å². The molecule has 6 nitrogen and oxygen atoms in total. The molecule has 1 heterocycles. The summed E-state index contributed by atoms with van der Waals surface area (Å²) in [5.74, 6) is -0.714. The number of hydrogen-bond donors (Lipinski definition) is 1. The van der Waals surface area contributed by atoms with Crippen molar-refractivity contribution in [1.29, 1.82) is 0 Å². The van der Waals surface area contributed by atoms with E-state index < -0.39 is 12.1 Å². The highest BCUT2D eigenvalue weighted by Crippen LogP contribution is 2.29. The number of nitrogens with zero attached hydrogens (tertiary/aromatic N) is 1. The first-order chi connectivity index (χ1) is 11.9. The quantitative estimate of drug-likeness (QED) is 0.621. The van der Waals surface area contributed by atoms with E-state index in [0.29, 0.717) is 30.2 Å². The molecule has 2 unspecified atom stereocenters. The van der Waals surface area contributed by atoms with Crippen molar-refractivity contribution in [2.45, 2.75) is 45.8 Å². The maximum Gasteiger partial charge on any atom is 0.345 e. The Hall–Kier alpha value is -1.60. The number of carboxylic acids is 1. The average Bonchev–Trinajstić information content (AvgIpc) is 3.01.